The normalized spacial score (nSPS) is 16.6. The fourth-order valence-electron chi connectivity index (χ4n) is 3.09. The van der Waals surface area contributed by atoms with Crippen molar-refractivity contribution < 1.29 is 24.2 Å². The van der Waals surface area contributed by atoms with Gasteiger partial charge in [-0.05, 0) is 18.4 Å². The van der Waals surface area contributed by atoms with Crippen LogP contribution in [0.15, 0.2) is 37.0 Å². The molecule has 1 saturated carbocycles. The molecule has 0 spiro atoms. The molecular formula is C21H33N3O5. The van der Waals surface area contributed by atoms with Crippen LogP contribution in [0.1, 0.15) is 32.1 Å². The number of ether oxygens (including phenoxy) is 1. The van der Waals surface area contributed by atoms with Crippen LogP contribution in [-0.4, -0.2) is 61.8 Å². The summed E-state index contributed by atoms with van der Waals surface area (Å²) >= 11 is 0. The van der Waals surface area contributed by atoms with E-state index in [4.69, 9.17) is 4.74 Å². The van der Waals surface area contributed by atoms with Crippen LogP contribution < -0.4 is 16.0 Å². The number of hydrogen-bond acceptors (Lipinski definition) is 5. The van der Waals surface area contributed by atoms with Crippen molar-refractivity contribution in [3.05, 3.63) is 37.0 Å². The molecule has 8 heteroatoms. The molecule has 0 aromatic rings. The quantitative estimate of drug-likeness (QED) is 0.334. The van der Waals surface area contributed by atoms with Gasteiger partial charge >= 0.3 is 0 Å². The Labute approximate surface area is 172 Å². The molecule has 2 atom stereocenters. The summed E-state index contributed by atoms with van der Waals surface area (Å²) in [5.74, 6) is -0.907. The summed E-state index contributed by atoms with van der Waals surface area (Å²) in [6, 6.07) is 0. The van der Waals surface area contributed by atoms with Crippen LogP contribution in [0.3, 0.4) is 0 Å². The molecule has 4 N–H and O–H groups in total. The van der Waals surface area contributed by atoms with Gasteiger partial charge in [-0.15, -0.1) is 0 Å². The second-order valence-electron chi connectivity index (χ2n) is 7.02. The van der Waals surface area contributed by atoms with Crippen LogP contribution in [0, 0.1) is 5.92 Å². The third kappa shape index (κ3) is 9.54. The number of hydrogen-bond donors (Lipinski definition) is 4. The maximum absolute atomic E-state index is 12.2. The highest BCUT2D eigenvalue weighted by Crippen LogP contribution is 2.24. The van der Waals surface area contributed by atoms with Crippen molar-refractivity contribution in [1.82, 2.24) is 16.0 Å². The average Bonchev–Trinajstić information content (AvgIpc) is 3.26. The fraction of sp³-hybridized carbons (Fsp3) is 0.571. The van der Waals surface area contributed by atoms with E-state index in [1.54, 1.807) is 18.2 Å². The number of aliphatic hydroxyl groups is 1. The van der Waals surface area contributed by atoms with Crippen molar-refractivity contribution >= 4 is 17.7 Å². The van der Waals surface area contributed by atoms with E-state index in [-0.39, 0.29) is 43.8 Å². The first kappa shape index (κ1) is 24.6. The van der Waals surface area contributed by atoms with Gasteiger partial charge in [-0.1, -0.05) is 44.2 Å². The monoisotopic (exact) mass is 407 g/mol. The van der Waals surface area contributed by atoms with Crippen molar-refractivity contribution in [3.63, 3.8) is 0 Å². The topological polar surface area (TPSA) is 117 Å². The third-order valence-electron chi connectivity index (χ3n) is 4.81. The summed E-state index contributed by atoms with van der Waals surface area (Å²) in [6.45, 7) is 7.33. The molecule has 3 amide bonds. The average molecular weight is 408 g/mol. The van der Waals surface area contributed by atoms with Gasteiger partial charge in [-0.2, -0.15) is 0 Å². The lowest BCUT2D eigenvalue weighted by Gasteiger charge is -2.19. The molecule has 1 aliphatic carbocycles. The first-order valence-corrected chi connectivity index (χ1v) is 9.88. The summed E-state index contributed by atoms with van der Waals surface area (Å²) in [6.07, 6.45) is 6.95. The van der Waals surface area contributed by atoms with E-state index in [0.717, 1.165) is 31.3 Å². The Bertz CT molecular complexity index is 611. The largest absolute Gasteiger partial charge is 0.391 e. The third-order valence-corrected chi connectivity index (χ3v) is 4.81. The fourth-order valence-corrected chi connectivity index (χ4v) is 3.09. The Balaban J connectivity index is 2.33. The summed E-state index contributed by atoms with van der Waals surface area (Å²) in [5, 5.41) is 18.0. The predicted molar refractivity (Wildman–Crippen MR) is 111 cm³/mol. The number of rotatable bonds is 13. The Morgan fingerprint density at radius 1 is 1.14 bits per heavy atom. The SMILES string of the molecule is C=C/C=C(\C=C)CNC(=O)CNC(=O)C(CC(O)CNC(=O)C1CCCC1)OC. The van der Waals surface area contributed by atoms with E-state index >= 15 is 0 Å². The number of carbonyl (C=O) groups is 3. The van der Waals surface area contributed by atoms with Crippen molar-refractivity contribution in [3.8, 4) is 0 Å². The maximum atomic E-state index is 12.2. The molecule has 1 aliphatic rings. The summed E-state index contributed by atoms with van der Waals surface area (Å²) in [4.78, 5) is 36.1. The molecule has 1 rings (SSSR count). The van der Waals surface area contributed by atoms with E-state index in [1.165, 1.54) is 7.11 Å². The second kappa shape index (κ2) is 13.7. The lowest BCUT2D eigenvalue weighted by Crippen LogP contribution is -2.44. The van der Waals surface area contributed by atoms with Gasteiger partial charge in [0.15, 0.2) is 0 Å². The van der Waals surface area contributed by atoms with Crippen molar-refractivity contribution in [2.45, 2.75) is 44.3 Å². The van der Waals surface area contributed by atoms with Gasteiger partial charge in [-0.25, -0.2) is 0 Å². The van der Waals surface area contributed by atoms with Crippen LogP contribution >= 0.6 is 0 Å². The molecule has 29 heavy (non-hydrogen) atoms. The minimum atomic E-state index is -0.927. The van der Waals surface area contributed by atoms with Crippen molar-refractivity contribution in [2.75, 3.05) is 26.7 Å². The zero-order valence-electron chi connectivity index (χ0n) is 17.1. The Morgan fingerprint density at radius 2 is 1.83 bits per heavy atom. The number of methoxy groups -OCH3 is 1. The molecule has 162 valence electrons. The van der Waals surface area contributed by atoms with Gasteiger partial charge in [0.1, 0.15) is 6.10 Å². The van der Waals surface area contributed by atoms with Gasteiger partial charge in [0.2, 0.25) is 17.7 Å². The van der Waals surface area contributed by atoms with Crippen molar-refractivity contribution in [1.29, 1.82) is 0 Å². The molecule has 0 heterocycles. The van der Waals surface area contributed by atoms with Crippen LogP contribution in [0.2, 0.25) is 0 Å². The number of aliphatic hydroxyl groups excluding tert-OH is 1. The van der Waals surface area contributed by atoms with E-state index < -0.39 is 18.1 Å². The Morgan fingerprint density at radius 3 is 2.41 bits per heavy atom. The van der Waals surface area contributed by atoms with E-state index in [0.29, 0.717) is 0 Å². The molecule has 0 aliphatic heterocycles. The Hall–Kier alpha value is -2.45. The van der Waals surface area contributed by atoms with E-state index in [1.807, 2.05) is 0 Å². The predicted octanol–water partition coefficient (Wildman–Crippen LogP) is 0.590. The highest BCUT2D eigenvalue weighted by Gasteiger charge is 2.25. The second-order valence-corrected chi connectivity index (χ2v) is 7.02. The lowest BCUT2D eigenvalue weighted by atomic mass is 10.1. The van der Waals surface area contributed by atoms with Crippen LogP contribution in [0.25, 0.3) is 0 Å². The molecule has 8 nitrogen and oxygen atoms in total. The van der Waals surface area contributed by atoms with Crippen LogP contribution in [-0.2, 0) is 19.1 Å². The molecule has 0 radical (unpaired) electrons. The minimum Gasteiger partial charge on any atom is -0.391 e. The number of carbonyl (C=O) groups excluding carboxylic acids is 3. The molecule has 1 fully saturated rings. The molecule has 0 saturated heterocycles. The molecular weight excluding hydrogens is 374 g/mol. The highest BCUT2D eigenvalue weighted by molar-refractivity contribution is 5.87. The number of nitrogens with one attached hydrogen (secondary N) is 3. The number of allylic oxidation sites excluding steroid dienone is 2. The zero-order valence-corrected chi connectivity index (χ0v) is 17.1. The van der Waals surface area contributed by atoms with Gasteiger partial charge in [0, 0.05) is 32.5 Å². The van der Waals surface area contributed by atoms with Crippen molar-refractivity contribution in [2.24, 2.45) is 5.92 Å². The zero-order chi connectivity index (χ0) is 21.6. The first-order chi connectivity index (χ1) is 13.9. The van der Waals surface area contributed by atoms with E-state index in [9.17, 15) is 19.5 Å². The summed E-state index contributed by atoms with van der Waals surface area (Å²) in [7, 11) is 1.35. The number of amides is 3. The van der Waals surface area contributed by atoms with Crippen LogP contribution in [0.4, 0.5) is 0 Å². The minimum absolute atomic E-state index is 0.0115. The summed E-state index contributed by atoms with van der Waals surface area (Å²) < 4.78 is 5.12. The molecule has 0 bridgehead atoms. The highest BCUT2D eigenvalue weighted by atomic mass is 16.5. The maximum Gasteiger partial charge on any atom is 0.249 e. The molecule has 0 aromatic heterocycles. The van der Waals surface area contributed by atoms with Gasteiger partial charge in [-0.3, -0.25) is 14.4 Å². The smallest absolute Gasteiger partial charge is 0.249 e. The van der Waals surface area contributed by atoms with Gasteiger partial charge in [0.05, 0.1) is 12.6 Å². The molecule has 0 aromatic carbocycles. The van der Waals surface area contributed by atoms with Gasteiger partial charge in [0.25, 0.3) is 0 Å². The first-order valence-electron chi connectivity index (χ1n) is 9.88. The summed E-state index contributed by atoms with van der Waals surface area (Å²) in [5.41, 5.74) is 0.789. The lowest BCUT2D eigenvalue weighted by molar-refractivity contribution is -0.134. The van der Waals surface area contributed by atoms with Gasteiger partial charge < -0.3 is 25.8 Å². The Kier molecular flexibility index (Phi) is 11.6. The molecule has 2 unspecified atom stereocenters. The standard InChI is InChI=1S/C21H33N3O5/c1-4-8-15(5-2)12-22-19(26)14-24-21(28)18(29-3)11-17(25)13-23-20(27)16-9-6-7-10-16/h4-5,8,16-18,25H,1-2,6-7,9-14H2,3H3,(H,22,26)(H,23,27)(H,24,28)/b15-8+. The van der Waals surface area contributed by atoms with E-state index in [2.05, 4.69) is 29.1 Å². The van der Waals surface area contributed by atoms with Crippen LogP contribution in [0.5, 0.6) is 0 Å².